The summed E-state index contributed by atoms with van der Waals surface area (Å²) < 4.78 is 10.8. The molecule has 4 fully saturated rings. The Labute approximate surface area is 151 Å². The van der Waals surface area contributed by atoms with E-state index < -0.39 is 0 Å². The van der Waals surface area contributed by atoms with Crippen LogP contribution in [0, 0.1) is 34.5 Å². The highest BCUT2D eigenvalue weighted by Gasteiger charge is 2.60. The first-order valence-electron chi connectivity index (χ1n) is 10.2. The summed E-state index contributed by atoms with van der Waals surface area (Å²) in [5.41, 5.74) is 0.583. The van der Waals surface area contributed by atoms with Crippen molar-refractivity contribution >= 4 is 12.9 Å². The lowest BCUT2D eigenvalue weighted by atomic mass is 9.45. The molecule has 140 valence electrons. The Kier molecular flexibility index (Phi) is 4.36. The zero-order chi connectivity index (χ0) is 17.7. The molecule has 4 nitrogen and oxygen atoms in total. The predicted octanol–water partition coefficient (Wildman–Crippen LogP) is 4.11. The molecule has 4 rings (SSSR count). The van der Waals surface area contributed by atoms with Gasteiger partial charge in [0.1, 0.15) is 12.2 Å². The Balaban J connectivity index is 1.54. The largest absolute Gasteiger partial charge is 0.465 e. The van der Waals surface area contributed by atoms with E-state index in [2.05, 4.69) is 13.8 Å². The summed E-state index contributed by atoms with van der Waals surface area (Å²) in [7, 11) is 0. The van der Waals surface area contributed by atoms with Crippen molar-refractivity contribution in [3.63, 3.8) is 0 Å². The van der Waals surface area contributed by atoms with Crippen molar-refractivity contribution in [2.75, 3.05) is 0 Å². The van der Waals surface area contributed by atoms with E-state index in [-0.39, 0.29) is 17.6 Å². The summed E-state index contributed by atoms with van der Waals surface area (Å²) in [6, 6.07) is 0. The summed E-state index contributed by atoms with van der Waals surface area (Å²) in [6.07, 6.45) is 10.8. The Hall–Kier alpha value is -1.06. The molecule has 0 spiro atoms. The SMILES string of the molecule is C[C@]12CC[C@@H](OC=O)C[C@H]1CC[C@@H]1[C@@H]2CC[C@]2(C)[C@@H](OC=O)CC[C@@H]12. The molecular formula is C21H32O4. The monoisotopic (exact) mass is 348 g/mol. The van der Waals surface area contributed by atoms with Crippen molar-refractivity contribution in [1.29, 1.82) is 0 Å². The maximum atomic E-state index is 10.9. The second-order valence-corrected chi connectivity index (χ2v) is 9.63. The van der Waals surface area contributed by atoms with E-state index in [1.165, 1.54) is 38.5 Å². The topological polar surface area (TPSA) is 52.6 Å². The van der Waals surface area contributed by atoms with Gasteiger partial charge >= 0.3 is 0 Å². The predicted molar refractivity (Wildman–Crippen MR) is 93.6 cm³/mol. The van der Waals surface area contributed by atoms with Crippen LogP contribution in [0.5, 0.6) is 0 Å². The minimum atomic E-state index is 0.123. The lowest BCUT2D eigenvalue weighted by Crippen LogP contribution is -2.54. The van der Waals surface area contributed by atoms with Crippen LogP contribution in [-0.2, 0) is 19.1 Å². The molecule has 0 aliphatic heterocycles. The third-order valence-electron chi connectivity index (χ3n) is 9.00. The van der Waals surface area contributed by atoms with Crippen molar-refractivity contribution < 1.29 is 19.1 Å². The molecule has 0 aromatic heterocycles. The van der Waals surface area contributed by atoms with E-state index in [4.69, 9.17) is 9.47 Å². The van der Waals surface area contributed by atoms with Gasteiger partial charge in [0, 0.05) is 5.41 Å². The van der Waals surface area contributed by atoms with Crippen LogP contribution in [0.1, 0.15) is 71.6 Å². The number of carbonyl (C=O) groups is 2. The summed E-state index contributed by atoms with van der Waals surface area (Å²) >= 11 is 0. The molecule has 0 aromatic rings. The average Bonchev–Trinajstić information content (AvgIpc) is 2.93. The molecule has 0 saturated heterocycles. The van der Waals surface area contributed by atoms with Crippen LogP contribution in [0.25, 0.3) is 0 Å². The maximum absolute atomic E-state index is 10.9. The van der Waals surface area contributed by atoms with E-state index in [0.29, 0.717) is 30.2 Å². The van der Waals surface area contributed by atoms with Crippen LogP contribution in [-0.4, -0.2) is 25.2 Å². The van der Waals surface area contributed by atoms with Gasteiger partial charge in [0.05, 0.1) is 0 Å². The second kappa shape index (κ2) is 6.28. The third-order valence-corrected chi connectivity index (χ3v) is 9.00. The molecule has 4 saturated carbocycles. The minimum Gasteiger partial charge on any atom is -0.465 e. The molecule has 0 radical (unpaired) electrons. The highest BCUT2D eigenvalue weighted by Crippen LogP contribution is 2.66. The molecule has 0 unspecified atom stereocenters. The molecule has 4 aliphatic carbocycles. The van der Waals surface area contributed by atoms with E-state index in [1.54, 1.807) is 0 Å². The molecule has 0 aromatic carbocycles. The molecule has 0 bridgehead atoms. The first kappa shape index (κ1) is 17.4. The van der Waals surface area contributed by atoms with Crippen LogP contribution in [0.4, 0.5) is 0 Å². The minimum absolute atomic E-state index is 0.123. The Morgan fingerprint density at radius 2 is 1.52 bits per heavy atom. The second-order valence-electron chi connectivity index (χ2n) is 9.63. The summed E-state index contributed by atoms with van der Waals surface area (Å²) in [6.45, 7) is 6.19. The van der Waals surface area contributed by atoms with Crippen molar-refractivity contribution in [3.8, 4) is 0 Å². The van der Waals surface area contributed by atoms with Gasteiger partial charge in [0.15, 0.2) is 0 Å². The number of carbonyl (C=O) groups excluding carboxylic acids is 2. The summed E-state index contributed by atoms with van der Waals surface area (Å²) in [5, 5.41) is 0. The molecule has 4 heteroatoms. The first-order valence-corrected chi connectivity index (χ1v) is 10.2. The van der Waals surface area contributed by atoms with Gasteiger partial charge in [-0.2, -0.15) is 0 Å². The van der Waals surface area contributed by atoms with Crippen molar-refractivity contribution in [3.05, 3.63) is 0 Å². The van der Waals surface area contributed by atoms with Crippen LogP contribution < -0.4 is 0 Å². The van der Waals surface area contributed by atoms with E-state index in [9.17, 15) is 9.59 Å². The van der Waals surface area contributed by atoms with Crippen LogP contribution in [0.3, 0.4) is 0 Å². The number of rotatable bonds is 4. The fourth-order valence-corrected chi connectivity index (χ4v) is 7.66. The smallest absolute Gasteiger partial charge is 0.293 e. The lowest BCUT2D eigenvalue weighted by Gasteiger charge is -2.60. The maximum Gasteiger partial charge on any atom is 0.293 e. The molecule has 0 N–H and O–H groups in total. The Bertz CT molecular complexity index is 534. The van der Waals surface area contributed by atoms with Crippen molar-refractivity contribution in [2.24, 2.45) is 34.5 Å². The van der Waals surface area contributed by atoms with Gasteiger partial charge in [-0.25, -0.2) is 0 Å². The molecular weight excluding hydrogens is 316 g/mol. The summed E-state index contributed by atoms with van der Waals surface area (Å²) in [4.78, 5) is 21.7. The number of hydrogen-bond acceptors (Lipinski definition) is 4. The van der Waals surface area contributed by atoms with Gasteiger partial charge < -0.3 is 9.47 Å². The van der Waals surface area contributed by atoms with Gasteiger partial charge in [-0.3, -0.25) is 9.59 Å². The van der Waals surface area contributed by atoms with E-state index in [1.807, 2.05) is 0 Å². The fraction of sp³-hybridized carbons (Fsp3) is 0.905. The van der Waals surface area contributed by atoms with E-state index in [0.717, 1.165) is 31.1 Å². The number of ether oxygens (including phenoxy) is 2. The normalized spacial score (nSPS) is 51.6. The fourth-order valence-electron chi connectivity index (χ4n) is 7.66. The van der Waals surface area contributed by atoms with E-state index >= 15 is 0 Å². The van der Waals surface area contributed by atoms with Gasteiger partial charge in [-0.1, -0.05) is 13.8 Å². The molecule has 8 atom stereocenters. The summed E-state index contributed by atoms with van der Waals surface area (Å²) in [5.74, 6) is 2.97. The Morgan fingerprint density at radius 1 is 0.800 bits per heavy atom. The van der Waals surface area contributed by atoms with Crippen LogP contribution >= 0.6 is 0 Å². The average molecular weight is 348 g/mol. The highest BCUT2D eigenvalue weighted by molar-refractivity contribution is 5.38. The van der Waals surface area contributed by atoms with Gasteiger partial charge in [0.25, 0.3) is 12.9 Å². The number of fused-ring (bicyclic) bond motifs is 5. The molecule has 0 heterocycles. The first-order chi connectivity index (χ1) is 12.0. The Morgan fingerprint density at radius 3 is 2.28 bits per heavy atom. The standard InChI is InChI=1S/C21H32O4/c1-20-9-7-15(24-12-22)11-14(20)3-4-16-17-5-6-19(25-13-23)21(17,2)10-8-18(16)20/h12-19H,3-11H2,1-2H3/t14-,15-,16+,17+,18+,19+,20+,21+/m1/s1. The van der Waals surface area contributed by atoms with Gasteiger partial charge in [-0.05, 0) is 86.9 Å². The van der Waals surface area contributed by atoms with Crippen LogP contribution in [0.15, 0.2) is 0 Å². The van der Waals surface area contributed by atoms with Gasteiger partial charge in [-0.15, -0.1) is 0 Å². The molecule has 0 amide bonds. The lowest BCUT2D eigenvalue weighted by molar-refractivity contribution is -0.158. The zero-order valence-electron chi connectivity index (χ0n) is 15.6. The quantitative estimate of drug-likeness (QED) is 0.717. The number of hydrogen-bond donors (Lipinski definition) is 0. The molecule has 25 heavy (non-hydrogen) atoms. The third kappa shape index (κ3) is 2.54. The highest BCUT2D eigenvalue weighted by atomic mass is 16.5. The van der Waals surface area contributed by atoms with Crippen molar-refractivity contribution in [2.45, 2.75) is 83.8 Å². The van der Waals surface area contributed by atoms with Crippen molar-refractivity contribution in [1.82, 2.24) is 0 Å². The van der Waals surface area contributed by atoms with Gasteiger partial charge in [0.2, 0.25) is 0 Å². The zero-order valence-corrected chi connectivity index (χ0v) is 15.6. The molecule has 4 aliphatic rings. The van der Waals surface area contributed by atoms with Crippen LogP contribution in [0.2, 0.25) is 0 Å².